The van der Waals surface area contributed by atoms with Gasteiger partial charge in [-0.1, -0.05) is 0 Å². The van der Waals surface area contributed by atoms with Crippen LogP contribution >= 0.6 is 0 Å². The standard InChI is InChI=1S/C17H19NO4/c1-10-6-13-8-16(22-15(13)7-11(10)2)17(20)21-14-4-5-18(9-14)12(3)19/h6-8,14H,4-5,9H2,1-3H3/t14-/m1/s1. The van der Waals surface area contributed by atoms with Crippen LogP contribution in [-0.2, 0) is 9.53 Å². The first-order chi connectivity index (χ1) is 10.4. The van der Waals surface area contributed by atoms with Gasteiger partial charge in [0.2, 0.25) is 11.7 Å². The van der Waals surface area contributed by atoms with Gasteiger partial charge in [-0.05, 0) is 43.2 Å². The molecule has 1 saturated heterocycles. The number of carbonyl (C=O) groups excluding carboxylic acids is 2. The van der Waals surface area contributed by atoms with Gasteiger partial charge in [0.05, 0.1) is 6.54 Å². The van der Waals surface area contributed by atoms with E-state index in [1.165, 1.54) is 6.92 Å². The van der Waals surface area contributed by atoms with Gasteiger partial charge in [-0.2, -0.15) is 0 Å². The first-order valence-corrected chi connectivity index (χ1v) is 7.41. The maximum Gasteiger partial charge on any atom is 0.374 e. The number of rotatable bonds is 2. The van der Waals surface area contributed by atoms with E-state index in [0.29, 0.717) is 25.1 Å². The lowest BCUT2D eigenvalue weighted by atomic mass is 10.1. The molecule has 0 bridgehead atoms. The van der Waals surface area contributed by atoms with Crippen LogP contribution in [0.3, 0.4) is 0 Å². The second-order valence-electron chi connectivity index (χ2n) is 5.87. The highest BCUT2D eigenvalue weighted by Crippen LogP contribution is 2.24. The molecule has 2 heterocycles. The van der Waals surface area contributed by atoms with Crippen molar-refractivity contribution in [2.75, 3.05) is 13.1 Å². The Morgan fingerprint density at radius 1 is 1.23 bits per heavy atom. The molecule has 1 aliphatic heterocycles. The average Bonchev–Trinajstić information content (AvgIpc) is 3.06. The third kappa shape index (κ3) is 2.71. The number of furan rings is 1. The zero-order chi connectivity index (χ0) is 15.9. The molecule has 1 aliphatic rings. The lowest BCUT2D eigenvalue weighted by Gasteiger charge is -2.13. The largest absolute Gasteiger partial charge is 0.455 e. The number of nitrogens with zero attached hydrogens (tertiary/aromatic N) is 1. The molecule has 2 aromatic rings. The van der Waals surface area contributed by atoms with Crippen LogP contribution in [0.1, 0.15) is 35.0 Å². The summed E-state index contributed by atoms with van der Waals surface area (Å²) in [4.78, 5) is 25.2. The Hall–Kier alpha value is -2.30. The van der Waals surface area contributed by atoms with E-state index < -0.39 is 5.97 Å². The van der Waals surface area contributed by atoms with Crippen molar-refractivity contribution in [3.8, 4) is 0 Å². The minimum absolute atomic E-state index is 0.00763. The summed E-state index contributed by atoms with van der Waals surface area (Å²) in [5.41, 5.74) is 2.96. The van der Waals surface area contributed by atoms with Gasteiger partial charge in [0.1, 0.15) is 11.7 Å². The highest BCUT2D eigenvalue weighted by Gasteiger charge is 2.28. The number of ether oxygens (including phenoxy) is 1. The fourth-order valence-corrected chi connectivity index (χ4v) is 2.72. The van der Waals surface area contributed by atoms with Gasteiger partial charge in [-0.25, -0.2) is 4.79 Å². The highest BCUT2D eigenvalue weighted by molar-refractivity contribution is 5.93. The molecule has 1 amide bonds. The fraction of sp³-hybridized carbons (Fsp3) is 0.412. The van der Waals surface area contributed by atoms with Crippen molar-refractivity contribution in [1.29, 1.82) is 0 Å². The number of likely N-dealkylation sites (tertiary alicyclic amines) is 1. The molecule has 0 N–H and O–H groups in total. The van der Waals surface area contributed by atoms with Crippen molar-refractivity contribution in [2.24, 2.45) is 0 Å². The molecule has 5 nitrogen and oxygen atoms in total. The molecule has 0 spiro atoms. The van der Waals surface area contributed by atoms with E-state index in [2.05, 4.69) is 0 Å². The number of aryl methyl sites for hydroxylation is 2. The van der Waals surface area contributed by atoms with Crippen LogP contribution in [-0.4, -0.2) is 36.0 Å². The number of esters is 1. The van der Waals surface area contributed by atoms with Gasteiger partial charge in [-0.3, -0.25) is 4.79 Å². The molecule has 116 valence electrons. The Kier molecular flexibility index (Phi) is 3.64. The van der Waals surface area contributed by atoms with E-state index in [4.69, 9.17) is 9.15 Å². The van der Waals surface area contributed by atoms with Gasteiger partial charge >= 0.3 is 5.97 Å². The topological polar surface area (TPSA) is 59.8 Å². The summed E-state index contributed by atoms with van der Waals surface area (Å²) in [6, 6.07) is 5.63. The molecule has 0 saturated carbocycles. The van der Waals surface area contributed by atoms with Crippen molar-refractivity contribution in [1.82, 2.24) is 4.90 Å². The Bertz CT molecular complexity index is 707. The van der Waals surface area contributed by atoms with Gasteiger partial charge in [0, 0.05) is 25.3 Å². The molecular weight excluding hydrogens is 282 g/mol. The predicted octanol–water partition coefficient (Wildman–Crippen LogP) is 2.83. The van der Waals surface area contributed by atoms with Crippen molar-refractivity contribution in [3.63, 3.8) is 0 Å². The second kappa shape index (κ2) is 5.48. The maximum atomic E-state index is 12.2. The van der Waals surface area contributed by atoms with Crippen molar-refractivity contribution in [2.45, 2.75) is 33.3 Å². The Morgan fingerprint density at radius 3 is 2.64 bits per heavy atom. The third-order valence-electron chi connectivity index (χ3n) is 4.20. The summed E-state index contributed by atoms with van der Waals surface area (Å²) in [5, 5.41) is 0.895. The predicted molar refractivity (Wildman–Crippen MR) is 81.8 cm³/mol. The van der Waals surface area contributed by atoms with E-state index >= 15 is 0 Å². The van der Waals surface area contributed by atoms with Crippen LogP contribution in [0.25, 0.3) is 11.0 Å². The summed E-state index contributed by atoms with van der Waals surface area (Å²) in [5.74, 6) is -0.253. The van der Waals surface area contributed by atoms with Crippen LogP contribution in [0.15, 0.2) is 22.6 Å². The van der Waals surface area contributed by atoms with Crippen LogP contribution in [0.2, 0.25) is 0 Å². The second-order valence-corrected chi connectivity index (χ2v) is 5.87. The van der Waals surface area contributed by atoms with Gasteiger partial charge < -0.3 is 14.1 Å². The first kappa shape index (κ1) is 14.6. The van der Waals surface area contributed by atoms with E-state index in [1.807, 2.05) is 26.0 Å². The highest BCUT2D eigenvalue weighted by atomic mass is 16.6. The van der Waals surface area contributed by atoms with Crippen LogP contribution in [0.5, 0.6) is 0 Å². The van der Waals surface area contributed by atoms with E-state index in [0.717, 1.165) is 16.5 Å². The lowest BCUT2D eigenvalue weighted by molar-refractivity contribution is -0.128. The minimum atomic E-state index is -0.470. The molecule has 1 aromatic heterocycles. The summed E-state index contributed by atoms with van der Waals surface area (Å²) in [6.45, 7) is 6.64. The summed E-state index contributed by atoms with van der Waals surface area (Å²) >= 11 is 0. The molecule has 1 aromatic carbocycles. The molecule has 5 heteroatoms. The average molecular weight is 301 g/mol. The first-order valence-electron chi connectivity index (χ1n) is 7.41. The number of benzene rings is 1. The molecule has 1 atom stereocenters. The lowest BCUT2D eigenvalue weighted by Crippen LogP contribution is -2.28. The van der Waals surface area contributed by atoms with Gasteiger partial charge in [0.25, 0.3) is 0 Å². The Balaban J connectivity index is 1.74. The molecule has 0 radical (unpaired) electrons. The fourth-order valence-electron chi connectivity index (χ4n) is 2.72. The van der Waals surface area contributed by atoms with Gasteiger partial charge in [0.15, 0.2) is 0 Å². The van der Waals surface area contributed by atoms with Crippen LogP contribution < -0.4 is 0 Å². The summed E-state index contributed by atoms with van der Waals surface area (Å²) < 4.78 is 11.0. The van der Waals surface area contributed by atoms with Crippen LogP contribution in [0.4, 0.5) is 0 Å². The van der Waals surface area contributed by atoms with Crippen molar-refractivity contribution in [3.05, 3.63) is 35.1 Å². The van der Waals surface area contributed by atoms with Gasteiger partial charge in [-0.15, -0.1) is 0 Å². The molecule has 1 fully saturated rings. The smallest absolute Gasteiger partial charge is 0.374 e. The number of carbonyl (C=O) groups is 2. The zero-order valence-corrected chi connectivity index (χ0v) is 13.0. The quantitative estimate of drug-likeness (QED) is 0.800. The molecule has 3 rings (SSSR count). The molecule has 22 heavy (non-hydrogen) atoms. The minimum Gasteiger partial charge on any atom is -0.455 e. The maximum absolute atomic E-state index is 12.2. The number of hydrogen-bond acceptors (Lipinski definition) is 4. The normalized spacial score (nSPS) is 18.0. The number of amides is 1. The third-order valence-corrected chi connectivity index (χ3v) is 4.20. The van der Waals surface area contributed by atoms with Crippen molar-refractivity contribution < 1.29 is 18.7 Å². The van der Waals surface area contributed by atoms with E-state index in [9.17, 15) is 9.59 Å². The van der Waals surface area contributed by atoms with Crippen LogP contribution in [0, 0.1) is 13.8 Å². The summed E-state index contributed by atoms with van der Waals surface area (Å²) in [7, 11) is 0. The van der Waals surface area contributed by atoms with E-state index in [-0.39, 0.29) is 17.8 Å². The Labute approximate surface area is 128 Å². The Morgan fingerprint density at radius 2 is 1.95 bits per heavy atom. The zero-order valence-electron chi connectivity index (χ0n) is 13.0. The van der Waals surface area contributed by atoms with Crippen molar-refractivity contribution >= 4 is 22.8 Å². The molecular formula is C17H19NO4. The number of hydrogen-bond donors (Lipinski definition) is 0. The monoisotopic (exact) mass is 301 g/mol. The van der Waals surface area contributed by atoms with E-state index in [1.54, 1.807) is 11.0 Å². The summed E-state index contributed by atoms with van der Waals surface area (Å²) in [6.07, 6.45) is 0.414. The molecule has 0 unspecified atom stereocenters. The molecule has 0 aliphatic carbocycles. The SMILES string of the molecule is CC(=O)N1CC[C@@H](OC(=O)c2cc3cc(C)c(C)cc3o2)C1. The number of fused-ring (bicyclic) bond motifs is 1.